The van der Waals surface area contributed by atoms with Gasteiger partial charge in [-0.25, -0.2) is 4.68 Å². The average molecular weight is 296 g/mol. The molecule has 108 valence electrons. The Morgan fingerprint density at radius 3 is 2.95 bits per heavy atom. The van der Waals surface area contributed by atoms with E-state index in [-0.39, 0.29) is 0 Å². The van der Waals surface area contributed by atoms with Gasteiger partial charge in [0.2, 0.25) is 5.95 Å². The third-order valence-electron chi connectivity index (χ3n) is 2.75. The number of hydrogen-bond acceptors (Lipinski definition) is 5. The highest BCUT2D eigenvalue weighted by molar-refractivity contribution is 6.30. The zero-order valence-corrected chi connectivity index (χ0v) is 12.4. The van der Waals surface area contributed by atoms with Crippen LogP contribution in [0, 0.1) is 0 Å². The molecule has 20 heavy (non-hydrogen) atoms. The first-order chi connectivity index (χ1) is 9.74. The number of tetrazole rings is 1. The highest BCUT2D eigenvalue weighted by atomic mass is 35.5. The van der Waals surface area contributed by atoms with Gasteiger partial charge in [0.05, 0.1) is 6.61 Å². The van der Waals surface area contributed by atoms with Gasteiger partial charge in [0.1, 0.15) is 5.75 Å². The Kier molecular flexibility index (Phi) is 5.17. The molecule has 1 heterocycles. The van der Waals surface area contributed by atoms with E-state index in [4.69, 9.17) is 16.3 Å². The number of halogens is 1. The fourth-order valence-corrected chi connectivity index (χ4v) is 1.95. The molecule has 0 spiro atoms. The Hall–Kier alpha value is -1.82. The Bertz CT molecular complexity index is 557. The van der Waals surface area contributed by atoms with Crippen LogP contribution in [0.3, 0.4) is 0 Å². The van der Waals surface area contributed by atoms with Crippen molar-refractivity contribution in [2.75, 3.05) is 11.9 Å². The number of ether oxygens (including phenoxy) is 1. The number of nitrogens with zero attached hydrogens (tertiary/aromatic N) is 4. The second kappa shape index (κ2) is 7.09. The second-order valence-electron chi connectivity index (χ2n) is 4.27. The maximum Gasteiger partial charge on any atom is 0.243 e. The lowest BCUT2D eigenvalue weighted by molar-refractivity contribution is 0.314. The molecule has 1 aromatic carbocycles. The molecule has 0 aliphatic carbocycles. The molecule has 0 unspecified atom stereocenters. The van der Waals surface area contributed by atoms with E-state index in [0.717, 1.165) is 17.7 Å². The molecular weight excluding hydrogens is 278 g/mol. The standard InChI is InChI=1S/C13H18ClN5O/c1-3-7-20-12-6-5-11(14)8-10(12)9-15-13-16-17-18-19(13)4-2/h5-6,8H,3-4,7,9H2,1-2H3,(H,15,16,18). The van der Waals surface area contributed by atoms with Crippen LogP contribution in [0.25, 0.3) is 0 Å². The van der Waals surface area contributed by atoms with Crippen LogP contribution in [-0.4, -0.2) is 26.8 Å². The SMILES string of the molecule is CCCOc1ccc(Cl)cc1CNc1nnnn1CC. The molecule has 0 atom stereocenters. The smallest absolute Gasteiger partial charge is 0.243 e. The minimum absolute atomic E-state index is 0.556. The van der Waals surface area contributed by atoms with Gasteiger partial charge in [-0.3, -0.25) is 0 Å². The lowest BCUT2D eigenvalue weighted by atomic mass is 10.2. The summed E-state index contributed by atoms with van der Waals surface area (Å²) in [6.45, 7) is 6.01. The highest BCUT2D eigenvalue weighted by Gasteiger charge is 2.08. The first-order valence-electron chi connectivity index (χ1n) is 6.65. The number of rotatable bonds is 7. The summed E-state index contributed by atoms with van der Waals surface area (Å²) in [6, 6.07) is 5.60. The van der Waals surface area contributed by atoms with Gasteiger partial charge in [0.15, 0.2) is 0 Å². The maximum atomic E-state index is 6.04. The van der Waals surface area contributed by atoms with Crippen molar-refractivity contribution in [3.05, 3.63) is 28.8 Å². The third-order valence-corrected chi connectivity index (χ3v) is 2.99. The summed E-state index contributed by atoms with van der Waals surface area (Å²) in [7, 11) is 0. The largest absolute Gasteiger partial charge is 0.493 e. The van der Waals surface area contributed by atoms with Gasteiger partial charge in [-0.05, 0) is 42.0 Å². The number of hydrogen-bond donors (Lipinski definition) is 1. The molecule has 0 amide bonds. The fourth-order valence-electron chi connectivity index (χ4n) is 1.76. The van der Waals surface area contributed by atoms with Crippen LogP contribution in [0.2, 0.25) is 5.02 Å². The fraction of sp³-hybridized carbons (Fsp3) is 0.462. The first-order valence-corrected chi connectivity index (χ1v) is 7.03. The molecule has 0 aliphatic heterocycles. The molecule has 0 aliphatic rings. The minimum atomic E-state index is 0.556. The Morgan fingerprint density at radius 1 is 1.35 bits per heavy atom. The topological polar surface area (TPSA) is 64.9 Å². The summed E-state index contributed by atoms with van der Waals surface area (Å²) in [4.78, 5) is 0. The Morgan fingerprint density at radius 2 is 2.20 bits per heavy atom. The van der Waals surface area contributed by atoms with Crippen molar-refractivity contribution >= 4 is 17.5 Å². The maximum absolute atomic E-state index is 6.04. The summed E-state index contributed by atoms with van der Waals surface area (Å²) >= 11 is 6.04. The Balaban J connectivity index is 2.09. The van der Waals surface area contributed by atoms with Crippen LogP contribution >= 0.6 is 11.6 Å². The summed E-state index contributed by atoms with van der Waals surface area (Å²) in [6.07, 6.45) is 0.962. The lowest BCUT2D eigenvalue weighted by Gasteiger charge is -2.12. The van der Waals surface area contributed by atoms with Gasteiger partial charge in [-0.1, -0.05) is 23.6 Å². The van der Waals surface area contributed by atoms with Gasteiger partial charge in [0.25, 0.3) is 0 Å². The van der Waals surface area contributed by atoms with E-state index in [0.29, 0.717) is 30.7 Å². The molecule has 0 fully saturated rings. The summed E-state index contributed by atoms with van der Waals surface area (Å²) in [5, 5.41) is 15.3. The van der Waals surface area contributed by atoms with Gasteiger partial charge in [-0.15, -0.1) is 0 Å². The molecule has 1 N–H and O–H groups in total. The average Bonchev–Trinajstić information content (AvgIpc) is 2.91. The molecular formula is C13H18ClN5O. The number of nitrogens with one attached hydrogen (secondary N) is 1. The van der Waals surface area contributed by atoms with Crippen molar-refractivity contribution < 1.29 is 4.74 Å². The molecule has 0 radical (unpaired) electrons. The third kappa shape index (κ3) is 3.60. The summed E-state index contributed by atoms with van der Waals surface area (Å²) < 4.78 is 7.40. The van der Waals surface area contributed by atoms with Crippen molar-refractivity contribution in [1.29, 1.82) is 0 Å². The van der Waals surface area contributed by atoms with Crippen molar-refractivity contribution in [2.24, 2.45) is 0 Å². The van der Waals surface area contributed by atoms with E-state index in [1.54, 1.807) is 4.68 Å². The van der Waals surface area contributed by atoms with E-state index < -0.39 is 0 Å². The van der Waals surface area contributed by atoms with Crippen LogP contribution < -0.4 is 10.1 Å². The normalized spacial score (nSPS) is 10.6. The van der Waals surface area contributed by atoms with Gasteiger partial charge in [-0.2, -0.15) is 0 Å². The van der Waals surface area contributed by atoms with E-state index >= 15 is 0 Å². The molecule has 0 saturated carbocycles. The minimum Gasteiger partial charge on any atom is -0.493 e. The van der Waals surface area contributed by atoms with Crippen LogP contribution in [0.4, 0.5) is 5.95 Å². The monoisotopic (exact) mass is 295 g/mol. The summed E-state index contributed by atoms with van der Waals surface area (Å²) in [5.41, 5.74) is 0.983. The van der Waals surface area contributed by atoms with E-state index in [9.17, 15) is 0 Å². The zero-order chi connectivity index (χ0) is 14.4. The summed E-state index contributed by atoms with van der Waals surface area (Å²) in [5.74, 6) is 1.47. The molecule has 0 bridgehead atoms. The Labute approximate surface area is 123 Å². The number of aryl methyl sites for hydroxylation is 1. The molecule has 7 heteroatoms. The van der Waals surface area contributed by atoms with E-state index in [1.165, 1.54) is 0 Å². The van der Waals surface area contributed by atoms with E-state index in [1.807, 2.05) is 25.1 Å². The van der Waals surface area contributed by atoms with Crippen molar-refractivity contribution in [2.45, 2.75) is 33.4 Å². The van der Waals surface area contributed by atoms with Crippen molar-refractivity contribution in [3.8, 4) is 5.75 Å². The predicted octanol–water partition coefficient (Wildman–Crippen LogP) is 2.75. The van der Waals surface area contributed by atoms with Gasteiger partial charge in [0, 0.05) is 23.7 Å². The lowest BCUT2D eigenvalue weighted by Crippen LogP contribution is -2.09. The van der Waals surface area contributed by atoms with Gasteiger partial charge < -0.3 is 10.1 Å². The van der Waals surface area contributed by atoms with Gasteiger partial charge >= 0.3 is 0 Å². The molecule has 2 rings (SSSR count). The zero-order valence-electron chi connectivity index (χ0n) is 11.6. The molecule has 6 nitrogen and oxygen atoms in total. The number of aromatic nitrogens is 4. The second-order valence-corrected chi connectivity index (χ2v) is 4.71. The van der Waals surface area contributed by atoms with Crippen LogP contribution in [0.5, 0.6) is 5.75 Å². The van der Waals surface area contributed by atoms with Crippen molar-refractivity contribution in [1.82, 2.24) is 20.2 Å². The molecule has 2 aromatic rings. The quantitative estimate of drug-likeness (QED) is 0.851. The predicted molar refractivity (Wildman–Crippen MR) is 78.1 cm³/mol. The first kappa shape index (κ1) is 14.6. The van der Waals surface area contributed by atoms with Crippen LogP contribution in [0.1, 0.15) is 25.8 Å². The highest BCUT2D eigenvalue weighted by Crippen LogP contribution is 2.24. The van der Waals surface area contributed by atoms with Crippen molar-refractivity contribution in [3.63, 3.8) is 0 Å². The van der Waals surface area contributed by atoms with E-state index in [2.05, 4.69) is 27.8 Å². The molecule has 0 saturated heterocycles. The van der Waals surface area contributed by atoms with Crippen LogP contribution in [0.15, 0.2) is 18.2 Å². The molecule has 1 aromatic heterocycles. The van der Waals surface area contributed by atoms with Crippen LogP contribution in [-0.2, 0) is 13.1 Å². The number of benzene rings is 1. The number of anilines is 1.